The van der Waals surface area contributed by atoms with Crippen molar-refractivity contribution in [3.8, 4) is 0 Å². The molecule has 8 heteroatoms. The van der Waals surface area contributed by atoms with Gasteiger partial charge in [0.1, 0.15) is 11.7 Å². The average molecular weight is 478 g/mol. The zero-order valence-corrected chi connectivity index (χ0v) is 21.6. The zero-order valence-electron chi connectivity index (χ0n) is 21.6. The van der Waals surface area contributed by atoms with E-state index in [1.807, 2.05) is 76.5 Å². The van der Waals surface area contributed by atoms with E-state index in [9.17, 15) is 13.2 Å². The number of aromatic nitrogens is 4. The lowest BCUT2D eigenvalue weighted by Gasteiger charge is -2.20. The summed E-state index contributed by atoms with van der Waals surface area (Å²) in [5.74, 6) is 0.00712. The lowest BCUT2D eigenvalue weighted by molar-refractivity contribution is -0.138. The normalized spacial score (nSPS) is 12.4. The van der Waals surface area contributed by atoms with Crippen molar-refractivity contribution in [1.29, 1.82) is 0 Å². The molecule has 188 valence electrons. The molecule has 5 nitrogen and oxygen atoms in total. The number of nitrogens with zero attached hydrogens (tertiary/aromatic N) is 4. The second-order valence-corrected chi connectivity index (χ2v) is 7.28. The van der Waals surface area contributed by atoms with Crippen molar-refractivity contribution in [2.45, 2.75) is 86.9 Å². The van der Waals surface area contributed by atoms with Crippen LogP contribution in [0.1, 0.15) is 83.8 Å². The van der Waals surface area contributed by atoms with E-state index in [4.69, 9.17) is 0 Å². The summed E-state index contributed by atoms with van der Waals surface area (Å²) < 4.78 is 40.9. The molecule has 3 aromatic heterocycles. The van der Waals surface area contributed by atoms with Gasteiger partial charge in [-0.05, 0) is 56.9 Å². The molecule has 0 fully saturated rings. The second kappa shape index (κ2) is 13.7. The minimum Gasteiger partial charge on any atom is -0.343 e. The predicted molar refractivity (Wildman–Crippen MR) is 135 cm³/mol. The highest BCUT2D eigenvalue weighted by Gasteiger charge is 2.36. The molecule has 0 amide bonds. The number of aryl methyl sites for hydroxylation is 2. The van der Waals surface area contributed by atoms with E-state index in [1.54, 1.807) is 6.20 Å². The van der Waals surface area contributed by atoms with Gasteiger partial charge in [0.15, 0.2) is 0 Å². The zero-order chi connectivity index (χ0) is 25.9. The maximum Gasteiger partial charge on any atom is 0.408 e. The monoisotopic (exact) mass is 477 g/mol. The maximum atomic E-state index is 13.0. The Balaban J connectivity index is 0.00000137. The van der Waals surface area contributed by atoms with Crippen molar-refractivity contribution >= 4 is 17.2 Å². The fourth-order valence-electron chi connectivity index (χ4n) is 3.38. The summed E-state index contributed by atoms with van der Waals surface area (Å²) in [6, 6.07) is 2.19. The van der Waals surface area contributed by atoms with Crippen LogP contribution in [0.2, 0.25) is 0 Å². The summed E-state index contributed by atoms with van der Waals surface area (Å²) in [7, 11) is 0. The van der Waals surface area contributed by atoms with Gasteiger partial charge in [0.2, 0.25) is 5.95 Å². The smallest absolute Gasteiger partial charge is 0.343 e. The predicted octanol–water partition coefficient (Wildman–Crippen LogP) is 7.64. The highest BCUT2D eigenvalue weighted by molar-refractivity contribution is 5.82. The molecule has 0 unspecified atom stereocenters. The second-order valence-electron chi connectivity index (χ2n) is 7.28. The quantitative estimate of drug-likeness (QED) is 0.380. The summed E-state index contributed by atoms with van der Waals surface area (Å²) in [5.41, 5.74) is 5.03. The molecular formula is C26H38F3N5. The molecule has 0 aliphatic rings. The van der Waals surface area contributed by atoms with Crippen molar-refractivity contribution in [1.82, 2.24) is 19.4 Å². The Morgan fingerprint density at radius 2 is 1.82 bits per heavy atom. The van der Waals surface area contributed by atoms with Gasteiger partial charge in [0, 0.05) is 24.2 Å². The van der Waals surface area contributed by atoms with Crippen LogP contribution in [-0.2, 0) is 6.42 Å². The van der Waals surface area contributed by atoms with Crippen molar-refractivity contribution in [3.63, 3.8) is 0 Å². The van der Waals surface area contributed by atoms with Crippen LogP contribution in [0.15, 0.2) is 36.8 Å². The van der Waals surface area contributed by atoms with Gasteiger partial charge in [0.25, 0.3) is 0 Å². The fourth-order valence-corrected chi connectivity index (χ4v) is 3.38. The summed E-state index contributed by atoms with van der Waals surface area (Å²) in [4.78, 5) is 13.1. The van der Waals surface area contributed by atoms with Gasteiger partial charge < -0.3 is 9.72 Å². The first-order valence-electron chi connectivity index (χ1n) is 12.0. The van der Waals surface area contributed by atoms with E-state index < -0.39 is 12.2 Å². The van der Waals surface area contributed by atoms with Crippen molar-refractivity contribution in [2.75, 3.05) is 5.32 Å². The summed E-state index contributed by atoms with van der Waals surface area (Å²) in [5, 5.41) is 2.41. The van der Waals surface area contributed by atoms with E-state index >= 15 is 0 Å². The first-order chi connectivity index (χ1) is 16.2. The summed E-state index contributed by atoms with van der Waals surface area (Å²) >= 11 is 0. The Morgan fingerprint density at radius 3 is 2.41 bits per heavy atom. The van der Waals surface area contributed by atoms with Crippen LogP contribution < -0.4 is 5.32 Å². The van der Waals surface area contributed by atoms with E-state index in [1.165, 1.54) is 0 Å². The third kappa shape index (κ3) is 7.30. The van der Waals surface area contributed by atoms with Crippen LogP contribution in [0.4, 0.5) is 19.1 Å². The Bertz CT molecular complexity index is 1050. The van der Waals surface area contributed by atoms with Gasteiger partial charge in [-0.3, -0.25) is 0 Å². The van der Waals surface area contributed by atoms with Crippen LogP contribution in [0.25, 0.3) is 11.2 Å². The maximum absolute atomic E-state index is 13.0. The van der Waals surface area contributed by atoms with Gasteiger partial charge in [0.05, 0.1) is 11.4 Å². The van der Waals surface area contributed by atoms with E-state index in [2.05, 4.69) is 27.2 Å². The van der Waals surface area contributed by atoms with Crippen molar-refractivity contribution in [3.05, 3.63) is 59.3 Å². The molecular weight excluding hydrogens is 439 g/mol. The van der Waals surface area contributed by atoms with Crippen LogP contribution in [0, 0.1) is 6.92 Å². The van der Waals surface area contributed by atoms with Gasteiger partial charge in [-0.2, -0.15) is 13.2 Å². The molecule has 3 heterocycles. The van der Waals surface area contributed by atoms with E-state index in [0.29, 0.717) is 12.1 Å². The van der Waals surface area contributed by atoms with Gasteiger partial charge >= 0.3 is 6.18 Å². The lowest BCUT2D eigenvalue weighted by atomic mass is 9.94. The number of hydrogen-bond donors (Lipinski definition) is 1. The Labute approximate surface area is 201 Å². The molecule has 0 spiro atoms. The third-order valence-corrected chi connectivity index (χ3v) is 5.03. The van der Waals surface area contributed by atoms with Crippen molar-refractivity contribution < 1.29 is 13.2 Å². The number of imidazole rings is 1. The summed E-state index contributed by atoms with van der Waals surface area (Å²) in [6.07, 6.45) is 5.72. The van der Waals surface area contributed by atoms with Crippen LogP contribution >= 0.6 is 0 Å². The van der Waals surface area contributed by atoms with Crippen LogP contribution in [0.3, 0.4) is 0 Å². The summed E-state index contributed by atoms with van der Waals surface area (Å²) in [6.45, 7) is 14.9. The lowest BCUT2D eigenvalue weighted by Crippen LogP contribution is -2.34. The minimum absolute atomic E-state index is 0.00712. The first kappa shape index (κ1) is 29.1. The highest BCUT2D eigenvalue weighted by Crippen LogP contribution is 2.30. The molecule has 0 radical (unpaired) electrons. The Hall–Kier alpha value is -2.90. The van der Waals surface area contributed by atoms with Crippen molar-refractivity contribution in [2.24, 2.45) is 0 Å². The largest absolute Gasteiger partial charge is 0.408 e. The molecule has 1 atom stereocenters. The molecule has 0 aliphatic carbocycles. The molecule has 0 aromatic carbocycles. The number of alkyl halides is 3. The van der Waals surface area contributed by atoms with Crippen LogP contribution in [0.5, 0.6) is 0 Å². The molecule has 0 bridgehead atoms. The number of pyridine rings is 1. The Kier molecular flexibility index (Phi) is 11.8. The number of unbranched alkanes of at least 4 members (excludes halogenated alkanes) is 1. The van der Waals surface area contributed by atoms with Gasteiger partial charge in [-0.25, -0.2) is 15.0 Å². The number of hydrogen-bond acceptors (Lipinski definition) is 4. The molecule has 0 saturated carbocycles. The number of fused-ring (bicyclic) bond motifs is 1. The van der Waals surface area contributed by atoms with E-state index in [0.717, 1.165) is 47.8 Å². The number of halogens is 3. The Morgan fingerprint density at radius 1 is 1.15 bits per heavy atom. The van der Waals surface area contributed by atoms with Gasteiger partial charge in [-0.15, -0.1) is 0 Å². The average Bonchev–Trinajstić information content (AvgIpc) is 3.29. The minimum atomic E-state index is -4.37. The highest BCUT2D eigenvalue weighted by atomic mass is 19.4. The standard InChI is InChI=1S/C22H26F3N5.2C2H6/c1-5-7-8-18-20(14(3)27-21(29-18)28-15(4)22(23,24)25)17(6-2)16-9-10-19-26-11-12-30(19)13-16;2*1-2/h6,9-13,15H,5,7-8H2,1-4H3,(H,27,28,29);2*1-2H3/b17-6-;;/t15-;;/m1../s1. The first-order valence-corrected chi connectivity index (χ1v) is 12.0. The molecule has 0 saturated heterocycles. The van der Waals surface area contributed by atoms with Crippen LogP contribution in [-0.4, -0.2) is 31.6 Å². The number of rotatable bonds is 7. The molecule has 3 aromatic rings. The number of anilines is 1. The molecule has 1 N–H and O–H groups in total. The number of allylic oxidation sites excluding steroid dienone is 1. The van der Waals surface area contributed by atoms with E-state index in [-0.39, 0.29) is 5.95 Å². The molecule has 0 aliphatic heterocycles. The molecule has 34 heavy (non-hydrogen) atoms. The third-order valence-electron chi connectivity index (χ3n) is 5.03. The fraction of sp³-hybridized carbons (Fsp3) is 0.500. The SMILES string of the molecule is C/C=C(/c1ccc2nccn2c1)c1c(C)nc(N[C@H](C)C(F)(F)F)nc1CCCC.CC.CC. The molecule has 3 rings (SSSR count). The number of nitrogens with one attached hydrogen (secondary N) is 1. The topological polar surface area (TPSA) is 55.1 Å². The van der Waals surface area contributed by atoms with Gasteiger partial charge in [-0.1, -0.05) is 47.1 Å².